The minimum Gasteiger partial charge on any atom is -0.477 e. The maximum Gasteiger partial charge on any atom is 0.226 e. The number of aromatic nitrogens is 2. The summed E-state index contributed by atoms with van der Waals surface area (Å²) in [6.07, 6.45) is 2.09. The lowest BCUT2D eigenvalue weighted by Gasteiger charge is -2.13. The quantitative estimate of drug-likeness (QED) is 0.885. The smallest absolute Gasteiger partial charge is 0.226 e. The van der Waals surface area contributed by atoms with E-state index in [-0.39, 0.29) is 0 Å². The van der Waals surface area contributed by atoms with E-state index in [0.717, 1.165) is 43.5 Å². The lowest BCUT2D eigenvalue weighted by Crippen LogP contribution is -2.13. The van der Waals surface area contributed by atoms with Gasteiger partial charge in [-0.15, -0.1) is 0 Å². The number of para-hydroxylation sites is 1. The van der Waals surface area contributed by atoms with Crippen LogP contribution in [0.15, 0.2) is 24.3 Å². The molecule has 5 heteroatoms. The molecule has 1 atom stereocenters. The van der Waals surface area contributed by atoms with Crippen molar-refractivity contribution in [2.45, 2.75) is 19.8 Å². The van der Waals surface area contributed by atoms with Gasteiger partial charge in [-0.3, -0.25) is 0 Å². The van der Waals surface area contributed by atoms with Crippen LogP contribution in [-0.4, -0.2) is 36.3 Å². The second-order valence-electron chi connectivity index (χ2n) is 5.34. The first-order valence-electron chi connectivity index (χ1n) is 7.58. The van der Waals surface area contributed by atoms with Crippen LogP contribution in [0.4, 0.5) is 5.95 Å². The topological polar surface area (TPSA) is 56.3 Å². The van der Waals surface area contributed by atoms with Crippen LogP contribution in [0.25, 0.3) is 10.9 Å². The third-order valence-electron chi connectivity index (χ3n) is 3.58. The summed E-state index contributed by atoms with van der Waals surface area (Å²) in [7, 11) is 0. The predicted molar refractivity (Wildman–Crippen MR) is 82.7 cm³/mol. The van der Waals surface area contributed by atoms with E-state index in [4.69, 9.17) is 9.47 Å². The molecule has 0 spiro atoms. The Hall–Kier alpha value is -1.88. The Balaban J connectivity index is 1.82. The number of nitrogens with zero attached hydrogens (tertiary/aromatic N) is 2. The van der Waals surface area contributed by atoms with Gasteiger partial charge < -0.3 is 14.8 Å². The van der Waals surface area contributed by atoms with Gasteiger partial charge in [0.2, 0.25) is 11.8 Å². The Kier molecular flexibility index (Phi) is 4.50. The first kappa shape index (κ1) is 14.1. The van der Waals surface area contributed by atoms with Crippen molar-refractivity contribution in [2.24, 2.45) is 5.92 Å². The molecule has 1 aromatic heterocycles. The largest absolute Gasteiger partial charge is 0.477 e. The highest BCUT2D eigenvalue weighted by molar-refractivity contribution is 5.84. The molecule has 0 radical (unpaired) electrons. The van der Waals surface area contributed by atoms with Gasteiger partial charge in [0.25, 0.3) is 0 Å². The first-order valence-corrected chi connectivity index (χ1v) is 7.58. The number of ether oxygens (including phenoxy) is 2. The minimum atomic E-state index is 0.464. The Bertz CT molecular complexity index is 597. The molecule has 0 saturated carbocycles. The molecule has 1 unspecified atom stereocenters. The molecule has 1 fully saturated rings. The van der Waals surface area contributed by atoms with Crippen LogP contribution in [0.5, 0.6) is 5.88 Å². The van der Waals surface area contributed by atoms with E-state index in [2.05, 4.69) is 22.2 Å². The molecule has 0 bridgehead atoms. The van der Waals surface area contributed by atoms with Crippen molar-refractivity contribution in [1.82, 2.24) is 9.97 Å². The summed E-state index contributed by atoms with van der Waals surface area (Å²) in [5, 5.41) is 4.18. The van der Waals surface area contributed by atoms with Crippen LogP contribution in [0.3, 0.4) is 0 Å². The van der Waals surface area contributed by atoms with Gasteiger partial charge in [-0.05, 0) is 25.0 Å². The predicted octanol–water partition coefficient (Wildman–Crippen LogP) is 2.87. The molecule has 2 aromatic rings. The highest BCUT2D eigenvalue weighted by atomic mass is 16.5. The number of benzene rings is 1. The summed E-state index contributed by atoms with van der Waals surface area (Å²) in [6, 6.07) is 7.95. The second-order valence-corrected chi connectivity index (χ2v) is 5.34. The van der Waals surface area contributed by atoms with Gasteiger partial charge >= 0.3 is 0 Å². The van der Waals surface area contributed by atoms with Crippen molar-refractivity contribution >= 4 is 16.9 Å². The Morgan fingerprint density at radius 3 is 3.05 bits per heavy atom. The minimum absolute atomic E-state index is 0.464. The lowest BCUT2D eigenvalue weighted by molar-refractivity contribution is 0.166. The van der Waals surface area contributed by atoms with Crippen molar-refractivity contribution in [3.8, 4) is 5.88 Å². The lowest BCUT2D eigenvalue weighted by atomic mass is 10.1. The first-order chi connectivity index (χ1) is 10.4. The normalized spacial score (nSPS) is 18.0. The number of hydrogen-bond donors (Lipinski definition) is 1. The molecule has 0 aliphatic carbocycles. The summed E-state index contributed by atoms with van der Waals surface area (Å²) in [5.41, 5.74) is 0.906. The summed E-state index contributed by atoms with van der Waals surface area (Å²) < 4.78 is 11.3. The zero-order valence-electron chi connectivity index (χ0n) is 12.3. The van der Waals surface area contributed by atoms with Crippen molar-refractivity contribution in [3.63, 3.8) is 0 Å². The Morgan fingerprint density at radius 2 is 2.24 bits per heavy atom. The van der Waals surface area contributed by atoms with E-state index in [0.29, 0.717) is 24.4 Å². The molecule has 1 aliphatic heterocycles. The van der Waals surface area contributed by atoms with Gasteiger partial charge in [0, 0.05) is 19.1 Å². The Morgan fingerprint density at radius 1 is 1.33 bits per heavy atom. The van der Waals surface area contributed by atoms with Crippen molar-refractivity contribution in [2.75, 3.05) is 31.7 Å². The van der Waals surface area contributed by atoms with Crippen LogP contribution in [0.2, 0.25) is 0 Å². The SMILES string of the molecule is CCCNc1nc(OCC2CCOC2)c2ccccc2n1. The average Bonchev–Trinajstić information content (AvgIpc) is 3.04. The molecule has 1 aliphatic rings. The molecule has 112 valence electrons. The summed E-state index contributed by atoms with van der Waals surface area (Å²) in [4.78, 5) is 9.04. The number of hydrogen-bond acceptors (Lipinski definition) is 5. The Labute approximate surface area is 124 Å². The molecule has 3 rings (SSSR count). The van der Waals surface area contributed by atoms with Crippen LogP contribution in [0.1, 0.15) is 19.8 Å². The highest BCUT2D eigenvalue weighted by Gasteiger charge is 2.17. The molecule has 1 saturated heterocycles. The van der Waals surface area contributed by atoms with Gasteiger partial charge in [-0.2, -0.15) is 4.98 Å². The fraction of sp³-hybridized carbons (Fsp3) is 0.500. The number of anilines is 1. The maximum atomic E-state index is 5.95. The average molecular weight is 287 g/mol. The summed E-state index contributed by atoms with van der Waals surface area (Å²) >= 11 is 0. The van der Waals surface area contributed by atoms with Crippen molar-refractivity contribution in [1.29, 1.82) is 0 Å². The molecular formula is C16H21N3O2. The summed E-state index contributed by atoms with van der Waals surface area (Å²) in [5.74, 6) is 1.75. The molecule has 21 heavy (non-hydrogen) atoms. The summed E-state index contributed by atoms with van der Waals surface area (Å²) in [6.45, 7) is 5.24. The van der Waals surface area contributed by atoms with Gasteiger partial charge in [0.05, 0.1) is 24.1 Å². The maximum absolute atomic E-state index is 5.95. The van der Waals surface area contributed by atoms with Gasteiger partial charge in [-0.25, -0.2) is 4.98 Å². The number of nitrogens with one attached hydrogen (secondary N) is 1. The van der Waals surface area contributed by atoms with Crippen molar-refractivity contribution < 1.29 is 9.47 Å². The monoisotopic (exact) mass is 287 g/mol. The van der Waals surface area contributed by atoms with Crippen LogP contribution in [-0.2, 0) is 4.74 Å². The van der Waals surface area contributed by atoms with Crippen LogP contribution >= 0.6 is 0 Å². The standard InChI is InChI=1S/C16H21N3O2/c1-2-8-17-16-18-14-6-4-3-5-13(14)15(19-16)21-11-12-7-9-20-10-12/h3-6,12H,2,7-11H2,1H3,(H,17,18,19). The van der Waals surface area contributed by atoms with Gasteiger partial charge in [-0.1, -0.05) is 19.1 Å². The molecule has 2 heterocycles. The van der Waals surface area contributed by atoms with Crippen LogP contribution < -0.4 is 10.1 Å². The third-order valence-corrected chi connectivity index (χ3v) is 3.58. The number of rotatable bonds is 6. The fourth-order valence-electron chi connectivity index (χ4n) is 2.38. The van der Waals surface area contributed by atoms with Gasteiger partial charge in [0.15, 0.2) is 0 Å². The van der Waals surface area contributed by atoms with E-state index in [9.17, 15) is 0 Å². The molecule has 5 nitrogen and oxygen atoms in total. The molecule has 0 amide bonds. The molecular weight excluding hydrogens is 266 g/mol. The van der Waals surface area contributed by atoms with Crippen molar-refractivity contribution in [3.05, 3.63) is 24.3 Å². The fourth-order valence-corrected chi connectivity index (χ4v) is 2.38. The van der Waals surface area contributed by atoms with E-state index < -0.39 is 0 Å². The second kappa shape index (κ2) is 6.72. The van der Waals surface area contributed by atoms with E-state index >= 15 is 0 Å². The van der Waals surface area contributed by atoms with E-state index in [1.807, 2.05) is 24.3 Å². The zero-order valence-corrected chi connectivity index (χ0v) is 12.3. The highest BCUT2D eigenvalue weighted by Crippen LogP contribution is 2.25. The van der Waals surface area contributed by atoms with E-state index in [1.165, 1.54) is 0 Å². The third kappa shape index (κ3) is 3.42. The number of fused-ring (bicyclic) bond motifs is 1. The van der Waals surface area contributed by atoms with E-state index in [1.54, 1.807) is 0 Å². The molecule has 1 aromatic carbocycles. The van der Waals surface area contributed by atoms with Gasteiger partial charge in [0.1, 0.15) is 0 Å². The van der Waals surface area contributed by atoms with Crippen LogP contribution in [0, 0.1) is 5.92 Å². The molecule has 1 N–H and O–H groups in total. The zero-order chi connectivity index (χ0) is 14.5.